The zero-order valence-electron chi connectivity index (χ0n) is 37.2. The molecule has 62 heavy (non-hydrogen) atoms. The van der Waals surface area contributed by atoms with E-state index in [1.54, 1.807) is 24.3 Å². The minimum absolute atomic E-state index is 0.00352. The van der Waals surface area contributed by atoms with Gasteiger partial charge in [0.15, 0.2) is 5.84 Å². The monoisotopic (exact) mass is 858 g/mol. The average molecular weight is 858 g/mol. The van der Waals surface area contributed by atoms with E-state index >= 15 is 0 Å². The van der Waals surface area contributed by atoms with E-state index in [2.05, 4.69) is 46.2 Å². The molecule has 0 aliphatic carbocycles. The quantitative estimate of drug-likeness (QED) is 0.0111. The summed E-state index contributed by atoms with van der Waals surface area (Å²) in [5.41, 5.74) is 16.2. The summed E-state index contributed by atoms with van der Waals surface area (Å²) in [6, 6.07) is 22.3. The second kappa shape index (κ2) is 33.2. The molecule has 2 aromatic heterocycles. The number of amidine groups is 1. The van der Waals surface area contributed by atoms with Crippen LogP contribution in [0, 0.1) is 0 Å². The van der Waals surface area contributed by atoms with Gasteiger partial charge in [-0.25, -0.2) is 0 Å². The Hall–Kier alpha value is -5.44. The topological polar surface area (TPSA) is 240 Å². The number of carbonyl (C=O) groups is 1. The average Bonchev–Trinajstić information content (AvgIpc) is 4.00. The molecule has 0 aliphatic rings. The lowest BCUT2D eigenvalue weighted by Crippen LogP contribution is -2.12. The number of rotatable bonds is 24. The third-order valence-corrected chi connectivity index (χ3v) is 9.80. The Balaban J connectivity index is 0.000000297. The minimum atomic E-state index is -0.670. The fraction of sp³-hybridized carbons (Fsp3) is 0.500. The molecule has 14 nitrogen and oxygen atoms in total. The first-order valence-electron chi connectivity index (χ1n) is 22.3. The smallest absolute Gasteiger partial charge is 0.303 e. The first kappa shape index (κ1) is 52.7. The molecule has 14 heteroatoms. The van der Waals surface area contributed by atoms with E-state index in [9.17, 15) is 4.79 Å². The van der Waals surface area contributed by atoms with Crippen LogP contribution >= 0.6 is 0 Å². The number of aliphatic carboxylic acids is 1. The van der Waals surface area contributed by atoms with Crippen LogP contribution in [0.5, 0.6) is 0 Å². The van der Waals surface area contributed by atoms with E-state index < -0.39 is 5.97 Å². The molecule has 2 heterocycles. The van der Waals surface area contributed by atoms with Crippen LogP contribution in [-0.4, -0.2) is 52.6 Å². The van der Waals surface area contributed by atoms with Gasteiger partial charge in [0.25, 0.3) is 0 Å². The molecule has 0 fully saturated rings. The van der Waals surface area contributed by atoms with Gasteiger partial charge in [0, 0.05) is 42.5 Å². The number of aryl methyl sites for hydroxylation is 2. The van der Waals surface area contributed by atoms with Crippen molar-refractivity contribution in [1.29, 1.82) is 0 Å². The lowest BCUT2D eigenvalue weighted by molar-refractivity contribution is -0.137. The number of hydrogen-bond acceptors (Lipinski definition) is 12. The molecule has 3 aromatic carbocycles. The van der Waals surface area contributed by atoms with Gasteiger partial charge in [0.1, 0.15) is 0 Å². The van der Waals surface area contributed by atoms with Gasteiger partial charge in [-0.15, -0.1) is 0 Å². The van der Waals surface area contributed by atoms with E-state index in [0.29, 0.717) is 36.1 Å². The zero-order chi connectivity index (χ0) is 45.2. The van der Waals surface area contributed by atoms with Crippen LogP contribution < -0.4 is 11.5 Å². The lowest BCUT2D eigenvalue weighted by Gasteiger charge is -1.99. The van der Waals surface area contributed by atoms with E-state index in [0.717, 1.165) is 72.2 Å². The number of aliphatic hydroxyl groups is 2. The highest BCUT2D eigenvalue weighted by Gasteiger charge is 2.10. The number of carboxylic acids is 1. The van der Waals surface area contributed by atoms with Crippen LogP contribution in [0.25, 0.3) is 22.8 Å². The highest BCUT2D eigenvalue weighted by atomic mass is 16.5. The maximum Gasteiger partial charge on any atom is 0.303 e. The molecule has 0 saturated carbocycles. The molecule has 8 N–H and O–H groups in total. The summed E-state index contributed by atoms with van der Waals surface area (Å²) in [6.07, 6.45) is 20.0. The second-order valence-electron chi connectivity index (χ2n) is 15.0. The van der Waals surface area contributed by atoms with Crippen LogP contribution in [0.15, 0.2) is 87.0 Å². The highest BCUT2D eigenvalue weighted by molar-refractivity contribution is 5.96. The number of benzene rings is 3. The molecule has 0 bridgehead atoms. The minimum Gasteiger partial charge on any atom is -0.481 e. The van der Waals surface area contributed by atoms with Gasteiger partial charge >= 0.3 is 5.97 Å². The molecule has 0 unspecified atom stereocenters. The summed E-state index contributed by atoms with van der Waals surface area (Å²) >= 11 is 0. The van der Waals surface area contributed by atoms with Gasteiger partial charge in [-0.1, -0.05) is 186 Å². The molecular weight excluding hydrogens is 787 g/mol. The van der Waals surface area contributed by atoms with E-state index in [4.69, 9.17) is 41.0 Å². The van der Waals surface area contributed by atoms with Gasteiger partial charge in [-0.05, 0) is 36.0 Å². The highest BCUT2D eigenvalue weighted by Crippen LogP contribution is 2.19. The Bertz CT molecular complexity index is 1800. The van der Waals surface area contributed by atoms with Crippen molar-refractivity contribution in [3.8, 4) is 22.8 Å². The summed E-state index contributed by atoms with van der Waals surface area (Å²) in [5, 5.41) is 45.2. The molecule has 0 radical (unpaired) electrons. The second-order valence-corrected chi connectivity index (χ2v) is 15.0. The number of nitrogens with zero attached hydrogens (tertiary/aromatic N) is 5. The SMILES string of the molecule is CCCCCCCC(=O)O.CCCCCCCc1nc(-c2ccc(CN)cc2)no1.CCCCCCCc1nc(-c2ccc(CO)cc2)no1.N/C(=N\O)c1ccc(CO)cc1. The van der Waals surface area contributed by atoms with Crippen molar-refractivity contribution in [3.63, 3.8) is 0 Å². The fourth-order valence-corrected chi connectivity index (χ4v) is 5.97. The number of oxime groups is 1. The summed E-state index contributed by atoms with van der Waals surface area (Å²) < 4.78 is 10.6. The van der Waals surface area contributed by atoms with Crippen molar-refractivity contribution in [3.05, 3.63) is 107 Å². The number of aromatic nitrogens is 4. The van der Waals surface area contributed by atoms with Crippen molar-refractivity contribution < 1.29 is 34.4 Å². The van der Waals surface area contributed by atoms with Crippen LogP contribution in [0.4, 0.5) is 0 Å². The van der Waals surface area contributed by atoms with Crippen LogP contribution in [0.2, 0.25) is 0 Å². The summed E-state index contributed by atoms with van der Waals surface area (Å²) in [6.45, 7) is 7.19. The maximum atomic E-state index is 10.0. The van der Waals surface area contributed by atoms with Gasteiger partial charge in [-0.3, -0.25) is 4.79 Å². The van der Waals surface area contributed by atoms with Gasteiger partial charge in [-0.2, -0.15) is 9.97 Å². The Kier molecular flexibility index (Phi) is 28.2. The first-order chi connectivity index (χ1) is 30.2. The Morgan fingerprint density at radius 2 is 0.968 bits per heavy atom. The van der Waals surface area contributed by atoms with Crippen LogP contribution in [-0.2, 0) is 37.4 Å². The predicted molar refractivity (Wildman–Crippen MR) is 244 cm³/mol. The Labute approximate surface area is 367 Å². The molecular formula is C48H71N7O7. The lowest BCUT2D eigenvalue weighted by atomic mass is 10.1. The third-order valence-electron chi connectivity index (χ3n) is 9.80. The first-order valence-corrected chi connectivity index (χ1v) is 22.3. The van der Waals surface area contributed by atoms with Crippen LogP contribution in [0.3, 0.4) is 0 Å². The molecule has 5 aromatic rings. The van der Waals surface area contributed by atoms with Crippen molar-refractivity contribution in [1.82, 2.24) is 20.3 Å². The van der Waals surface area contributed by atoms with Gasteiger partial charge < -0.3 is 41.0 Å². The number of nitrogens with two attached hydrogens (primary N) is 2. The van der Waals surface area contributed by atoms with Crippen molar-refractivity contribution in [2.75, 3.05) is 0 Å². The Morgan fingerprint density at radius 3 is 1.34 bits per heavy atom. The summed E-state index contributed by atoms with van der Waals surface area (Å²) in [7, 11) is 0. The molecule has 340 valence electrons. The largest absolute Gasteiger partial charge is 0.481 e. The zero-order valence-corrected chi connectivity index (χ0v) is 37.2. The van der Waals surface area contributed by atoms with Crippen LogP contribution in [0.1, 0.15) is 158 Å². The van der Waals surface area contributed by atoms with Crippen molar-refractivity contribution >= 4 is 11.8 Å². The molecule has 0 aliphatic heterocycles. The summed E-state index contributed by atoms with van der Waals surface area (Å²) in [4.78, 5) is 18.9. The number of unbranched alkanes of at least 4 members (excludes halogenated alkanes) is 12. The van der Waals surface area contributed by atoms with Crippen molar-refractivity contribution in [2.24, 2.45) is 16.6 Å². The van der Waals surface area contributed by atoms with E-state index in [-0.39, 0.29) is 19.0 Å². The fourth-order valence-electron chi connectivity index (χ4n) is 5.97. The number of aliphatic hydroxyl groups excluding tert-OH is 2. The normalized spacial score (nSPS) is 10.8. The summed E-state index contributed by atoms with van der Waals surface area (Å²) in [5.74, 6) is 2.13. The molecule has 0 amide bonds. The number of hydrogen-bond donors (Lipinski definition) is 6. The predicted octanol–water partition coefficient (Wildman–Crippen LogP) is 10.2. The molecule has 0 saturated heterocycles. The maximum absolute atomic E-state index is 10.0. The van der Waals surface area contributed by atoms with Crippen molar-refractivity contribution in [2.45, 2.75) is 156 Å². The van der Waals surface area contributed by atoms with E-state index in [1.807, 2.05) is 48.5 Å². The molecule has 0 atom stereocenters. The van der Waals surface area contributed by atoms with Gasteiger partial charge in [0.05, 0.1) is 13.2 Å². The van der Waals surface area contributed by atoms with E-state index in [1.165, 1.54) is 70.6 Å². The molecule has 5 rings (SSSR count). The molecule has 0 spiro atoms. The number of carboxylic acid groups (broad SMARTS) is 1. The van der Waals surface area contributed by atoms with Gasteiger partial charge in [0.2, 0.25) is 23.4 Å². The third kappa shape index (κ3) is 22.4. The Morgan fingerprint density at radius 1 is 0.581 bits per heavy atom. The standard InChI is InChI=1S/C16H23N3O.C16H22N2O2.C8H10N2O2.C8H16O2/c1-2-3-4-5-6-7-15-18-16(19-20-15)14-10-8-13(12-17)9-11-14;1-2-3-4-5-6-7-15-17-16(18-20-15)14-10-8-13(12-19)9-11-14;9-8(10-12)7-3-1-6(5-11)2-4-7;1-2-3-4-5-6-7-8(9)10/h8-11H,2-7,12,17H2,1H3;8-11,19H,2-7,12H2,1H3;1-4,11-12H,5H2,(H2,9,10);2-7H2,1H3,(H,9,10).